The number of hydrogen-bond donors (Lipinski definition) is 0. The Morgan fingerprint density at radius 2 is 2.00 bits per heavy atom. The van der Waals surface area contributed by atoms with E-state index in [1.807, 2.05) is 11.0 Å². The Morgan fingerprint density at radius 3 is 2.88 bits per heavy atom. The first-order valence-corrected chi connectivity index (χ1v) is 9.46. The van der Waals surface area contributed by atoms with Crippen molar-refractivity contribution in [3.63, 3.8) is 0 Å². The molecule has 1 amide bonds. The van der Waals surface area contributed by atoms with Crippen molar-refractivity contribution in [2.24, 2.45) is 0 Å². The molecule has 1 unspecified atom stereocenters. The quantitative estimate of drug-likeness (QED) is 0.779. The standard InChI is InChI=1S/C19H27N3O2/c23-19-6-3-5-17-15-7-8-18(20-16(15)9-13-22(17)19)24-14-4-12-21-10-1-2-11-21/h7-8,17H,1-6,9-14H2. The third-order valence-corrected chi connectivity index (χ3v) is 5.56. The first-order valence-electron chi connectivity index (χ1n) is 9.46. The van der Waals surface area contributed by atoms with Crippen molar-refractivity contribution >= 4 is 5.91 Å². The van der Waals surface area contributed by atoms with Crippen LogP contribution in [0.15, 0.2) is 12.1 Å². The number of amides is 1. The Bertz CT molecular complexity index is 598. The van der Waals surface area contributed by atoms with Gasteiger partial charge in [0.1, 0.15) is 0 Å². The van der Waals surface area contributed by atoms with Gasteiger partial charge < -0.3 is 14.5 Å². The molecule has 4 heterocycles. The minimum atomic E-state index is 0.242. The molecule has 3 aliphatic heterocycles. The van der Waals surface area contributed by atoms with Crippen LogP contribution < -0.4 is 4.74 Å². The average molecular weight is 329 g/mol. The van der Waals surface area contributed by atoms with Gasteiger partial charge >= 0.3 is 0 Å². The van der Waals surface area contributed by atoms with Crippen molar-refractivity contribution < 1.29 is 9.53 Å². The van der Waals surface area contributed by atoms with Crippen molar-refractivity contribution in [1.29, 1.82) is 0 Å². The molecule has 0 N–H and O–H groups in total. The van der Waals surface area contributed by atoms with Gasteiger partial charge in [-0.2, -0.15) is 0 Å². The summed E-state index contributed by atoms with van der Waals surface area (Å²) in [4.78, 5) is 21.3. The van der Waals surface area contributed by atoms with Gasteiger partial charge in [-0.1, -0.05) is 0 Å². The number of ether oxygens (including phenoxy) is 1. The third kappa shape index (κ3) is 3.27. The highest BCUT2D eigenvalue weighted by Crippen LogP contribution is 2.37. The molecule has 2 fully saturated rings. The number of fused-ring (bicyclic) bond motifs is 3. The van der Waals surface area contributed by atoms with Gasteiger partial charge in [0.15, 0.2) is 0 Å². The van der Waals surface area contributed by atoms with Gasteiger partial charge in [0.05, 0.1) is 18.3 Å². The van der Waals surface area contributed by atoms with Gasteiger partial charge in [-0.3, -0.25) is 4.79 Å². The zero-order valence-corrected chi connectivity index (χ0v) is 14.4. The number of carbonyl (C=O) groups excluding carboxylic acids is 1. The molecule has 1 atom stereocenters. The lowest BCUT2D eigenvalue weighted by atomic mass is 9.89. The number of hydrogen-bond acceptors (Lipinski definition) is 4. The topological polar surface area (TPSA) is 45.7 Å². The van der Waals surface area contributed by atoms with Crippen molar-refractivity contribution in [3.05, 3.63) is 23.4 Å². The molecule has 3 aliphatic rings. The number of rotatable bonds is 5. The summed E-state index contributed by atoms with van der Waals surface area (Å²) in [5.74, 6) is 1.05. The number of likely N-dealkylation sites (tertiary alicyclic amines) is 1. The van der Waals surface area contributed by atoms with Gasteiger partial charge in [-0.15, -0.1) is 0 Å². The van der Waals surface area contributed by atoms with Gasteiger partial charge in [0.2, 0.25) is 11.8 Å². The van der Waals surface area contributed by atoms with Crippen LogP contribution in [0, 0.1) is 0 Å². The van der Waals surface area contributed by atoms with E-state index in [4.69, 9.17) is 9.72 Å². The summed E-state index contributed by atoms with van der Waals surface area (Å²) in [6.07, 6.45) is 7.36. The van der Waals surface area contributed by atoms with Gasteiger partial charge in [0, 0.05) is 32.0 Å². The van der Waals surface area contributed by atoms with Gasteiger partial charge in [0.25, 0.3) is 0 Å². The zero-order chi connectivity index (χ0) is 16.4. The first-order chi connectivity index (χ1) is 11.8. The smallest absolute Gasteiger partial charge is 0.223 e. The van der Waals surface area contributed by atoms with E-state index in [-0.39, 0.29) is 6.04 Å². The van der Waals surface area contributed by atoms with Crippen LogP contribution in [0.3, 0.4) is 0 Å². The van der Waals surface area contributed by atoms with Crippen LogP contribution in [0.25, 0.3) is 0 Å². The Balaban J connectivity index is 1.34. The maximum atomic E-state index is 12.1. The second kappa shape index (κ2) is 7.09. The Morgan fingerprint density at radius 1 is 1.12 bits per heavy atom. The Kier molecular flexibility index (Phi) is 4.69. The monoisotopic (exact) mass is 329 g/mol. The molecule has 5 nitrogen and oxygen atoms in total. The minimum absolute atomic E-state index is 0.242. The summed E-state index contributed by atoms with van der Waals surface area (Å²) in [5, 5.41) is 0. The average Bonchev–Trinajstić information content (AvgIpc) is 3.12. The lowest BCUT2D eigenvalue weighted by molar-refractivity contribution is -0.137. The summed E-state index contributed by atoms with van der Waals surface area (Å²) < 4.78 is 5.87. The van der Waals surface area contributed by atoms with E-state index < -0.39 is 0 Å². The van der Waals surface area contributed by atoms with Crippen LogP contribution in [0.1, 0.15) is 55.8 Å². The molecule has 0 radical (unpaired) electrons. The van der Waals surface area contributed by atoms with Crippen molar-refractivity contribution in [2.45, 2.75) is 51.0 Å². The maximum Gasteiger partial charge on any atom is 0.223 e. The van der Waals surface area contributed by atoms with E-state index in [0.717, 1.165) is 57.0 Å². The van der Waals surface area contributed by atoms with Gasteiger partial charge in [-0.05, 0) is 56.8 Å². The van der Waals surface area contributed by atoms with Crippen LogP contribution in [-0.2, 0) is 11.2 Å². The van der Waals surface area contributed by atoms with Crippen molar-refractivity contribution in [1.82, 2.24) is 14.8 Å². The molecule has 5 heteroatoms. The fourth-order valence-electron chi connectivity index (χ4n) is 4.30. The van der Waals surface area contributed by atoms with Crippen LogP contribution >= 0.6 is 0 Å². The highest BCUT2D eigenvalue weighted by atomic mass is 16.5. The second-order valence-corrected chi connectivity index (χ2v) is 7.18. The number of piperidine rings is 1. The first kappa shape index (κ1) is 15.9. The van der Waals surface area contributed by atoms with E-state index in [0.29, 0.717) is 12.3 Å². The molecular formula is C19H27N3O2. The molecule has 0 bridgehead atoms. The van der Waals surface area contributed by atoms with E-state index in [2.05, 4.69) is 11.0 Å². The summed E-state index contributed by atoms with van der Waals surface area (Å²) >= 11 is 0. The van der Waals surface area contributed by atoms with Gasteiger partial charge in [-0.25, -0.2) is 4.98 Å². The normalized spacial score (nSPS) is 23.9. The molecule has 0 spiro atoms. The number of carbonyl (C=O) groups is 1. The predicted molar refractivity (Wildman–Crippen MR) is 92.0 cm³/mol. The van der Waals surface area contributed by atoms with Crippen LogP contribution in [-0.4, -0.2) is 53.5 Å². The second-order valence-electron chi connectivity index (χ2n) is 7.18. The minimum Gasteiger partial charge on any atom is -0.478 e. The highest BCUT2D eigenvalue weighted by molar-refractivity contribution is 5.78. The molecule has 130 valence electrons. The molecular weight excluding hydrogens is 302 g/mol. The molecule has 4 rings (SSSR count). The number of nitrogens with zero attached hydrogens (tertiary/aromatic N) is 3. The van der Waals surface area contributed by atoms with Crippen molar-refractivity contribution in [3.8, 4) is 5.88 Å². The van der Waals surface area contributed by atoms with E-state index >= 15 is 0 Å². The summed E-state index contributed by atoms with van der Waals surface area (Å²) in [5.41, 5.74) is 2.36. The summed E-state index contributed by atoms with van der Waals surface area (Å²) in [7, 11) is 0. The van der Waals surface area contributed by atoms with Crippen molar-refractivity contribution in [2.75, 3.05) is 32.8 Å². The number of aromatic nitrogens is 1. The van der Waals surface area contributed by atoms with E-state index in [1.54, 1.807) is 0 Å². The Hall–Kier alpha value is -1.62. The lowest BCUT2D eigenvalue weighted by Crippen LogP contribution is -2.42. The van der Waals surface area contributed by atoms with E-state index in [9.17, 15) is 4.79 Å². The highest BCUT2D eigenvalue weighted by Gasteiger charge is 2.34. The predicted octanol–water partition coefficient (Wildman–Crippen LogP) is 2.56. The lowest BCUT2D eigenvalue weighted by Gasteiger charge is -2.40. The third-order valence-electron chi connectivity index (χ3n) is 5.56. The molecule has 1 aromatic heterocycles. The largest absolute Gasteiger partial charge is 0.478 e. The summed E-state index contributed by atoms with van der Waals surface area (Å²) in [6, 6.07) is 4.36. The number of pyridine rings is 1. The molecule has 0 saturated carbocycles. The summed E-state index contributed by atoms with van der Waals surface area (Å²) in [6.45, 7) is 5.16. The maximum absolute atomic E-state index is 12.1. The molecule has 0 aliphatic carbocycles. The fraction of sp³-hybridized carbons (Fsp3) is 0.684. The SMILES string of the molecule is O=C1CCCC2c3ccc(OCCCN4CCCC4)nc3CCN12. The van der Waals surface area contributed by atoms with E-state index in [1.165, 1.54) is 31.5 Å². The van der Waals surface area contributed by atoms with Crippen LogP contribution in [0.4, 0.5) is 0 Å². The van der Waals surface area contributed by atoms with Crippen LogP contribution in [0.2, 0.25) is 0 Å². The molecule has 2 saturated heterocycles. The zero-order valence-electron chi connectivity index (χ0n) is 14.4. The van der Waals surface area contributed by atoms with Crippen LogP contribution in [0.5, 0.6) is 5.88 Å². The fourth-order valence-corrected chi connectivity index (χ4v) is 4.30. The molecule has 0 aromatic carbocycles. The molecule has 1 aromatic rings. The molecule has 24 heavy (non-hydrogen) atoms. The Labute approximate surface area is 144 Å².